The second-order valence-corrected chi connectivity index (χ2v) is 5.71. The van der Waals surface area contributed by atoms with Crippen LogP contribution in [0, 0.1) is 0 Å². The van der Waals surface area contributed by atoms with Gasteiger partial charge in [-0.2, -0.15) is 0 Å². The highest BCUT2D eigenvalue weighted by Crippen LogP contribution is 2.16. The Labute approximate surface area is 138 Å². The van der Waals surface area contributed by atoms with E-state index in [-0.39, 0.29) is 6.61 Å². The molecule has 0 saturated carbocycles. The van der Waals surface area contributed by atoms with Gasteiger partial charge < -0.3 is 9.84 Å². The van der Waals surface area contributed by atoms with E-state index in [4.69, 9.17) is 4.74 Å². The molecule has 0 aliphatic carbocycles. The average Bonchev–Trinajstić information content (AvgIpc) is 2.99. The van der Waals surface area contributed by atoms with Crippen LogP contribution in [0.2, 0.25) is 0 Å². The normalized spacial score (nSPS) is 10.9. The van der Waals surface area contributed by atoms with Crippen molar-refractivity contribution < 1.29 is 9.84 Å². The van der Waals surface area contributed by atoms with E-state index in [1.807, 2.05) is 16.8 Å². The van der Waals surface area contributed by atoms with Gasteiger partial charge in [-0.1, -0.05) is 50.5 Å². The third kappa shape index (κ3) is 5.06. The van der Waals surface area contributed by atoms with Gasteiger partial charge >= 0.3 is 0 Å². The van der Waals surface area contributed by atoms with Crippen LogP contribution in [-0.4, -0.2) is 20.1 Å². The molecule has 0 atom stereocenters. The lowest BCUT2D eigenvalue weighted by atomic mass is 10.2. The number of aliphatic hydroxyl groups excluding tert-OH is 1. The first-order valence-corrected chi connectivity index (χ1v) is 8.52. The van der Waals surface area contributed by atoms with Gasteiger partial charge in [0, 0.05) is 6.54 Å². The number of hydrogen-bond donors (Lipinski definition) is 1. The number of aromatic nitrogens is 3. The number of hydrogen-bond acceptors (Lipinski definition) is 4. The van der Waals surface area contributed by atoms with E-state index in [0.717, 1.165) is 30.8 Å². The first-order valence-electron chi connectivity index (χ1n) is 8.52. The van der Waals surface area contributed by atoms with Crippen molar-refractivity contribution >= 4 is 0 Å². The molecule has 0 radical (unpaired) electrons. The van der Waals surface area contributed by atoms with Crippen LogP contribution in [0.15, 0.2) is 24.3 Å². The molecular formula is C18H27N3O2. The Morgan fingerprint density at radius 2 is 1.87 bits per heavy atom. The summed E-state index contributed by atoms with van der Waals surface area (Å²) in [6, 6.07) is 8.10. The van der Waals surface area contributed by atoms with Crippen molar-refractivity contribution in [2.75, 3.05) is 0 Å². The third-order valence-corrected chi connectivity index (χ3v) is 4.00. The van der Waals surface area contributed by atoms with E-state index in [2.05, 4.69) is 36.3 Å². The predicted octanol–water partition coefficient (Wildman–Crippen LogP) is 3.49. The van der Waals surface area contributed by atoms with Gasteiger partial charge in [-0.3, -0.25) is 0 Å². The molecule has 0 fully saturated rings. The van der Waals surface area contributed by atoms with Crippen LogP contribution in [0.25, 0.3) is 0 Å². The maximum absolute atomic E-state index is 9.44. The first kappa shape index (κ1) is 17.5. The second kappa shape index (κ2) is 9.30. The number of unbranched alkanes of at least 4 members (excludes halogenated alkanes) is 3. The van der Waals surface area contributed by atoms with Gasteiger partial charge in [0.15, 0.2) is 0 Å². The van der Waals surface area contributed by atoms with Crippen LogP contribution in [0.3, 0.4) is 0 Å². The lowest BCUT2D eigenvalue weighted by molar-refractivity contribution is 0.261. The molecule has 1 aromatic carbocycles. The number of aliphatic hydroxyl groups is 1. The molecule has 0 amide bonds. The van der Waals surface area contributed by atoms with Gasteiger partial charge in [0.2, 0.25) is 0 Å². The Balaban J connectivity index is 1.97. The number of benzene rings is 1. The molecule has 0 spiro atoms. The van der Waals surface area contributed by atoms with E-state index < -0.39 is 0 Å². The molecule has 0 saturated heterocycles. The highest BCUT2D eigenvalue weighted by molar-refractivity contribution is 5.27. The maximum Gasteiger partial charge on any atom is 0.132 e. The highest BCUT2D eigenvalue weighted by Gasteiger charge is 2.12. The summed E-state index contributed by atoms with van der Waals surface area (Å²) in [5.74, 6) is 0.824. The average molecular weight is 317 g/mol. The maximum atomic E-state index is 9.44. The van der Waals surface area contributed by atoms with E-state index in [9.17, 15) is 5.11 Å². The Hall–Kier alpha value is -1.88. The van der Waals surface area contributed by atoms with Crippen LogP contribution in [0.1, 0.15) is 56.5 Å². The van der Waals surface area contributed by atoms with Gasteiger partial charge in [0.05, 0.1) is 6.61 Å². The molecule has 1 N–H and O–H groups in total. The Bertz CT molecular complexity index is 578. The van der Waals surface area contributed by atoms with E-state index in [1.54, 1.807) is 0 Å². The lowest BCUT2D eigenvalue weighted by Gasteiger charge is -2.10. The van der Waals surface area contributed by atoms with E-state index in [1.165, 1.54) is 24.8 Å². The predicted molar refractivity (Wildman–Crippen MR) is 90.2 cm³/mol. The minimum atomic E-state index is -0.109. The number of nitrogens with zero attached hydrogens (tertiary/aromatic N) is 3. The lowest BCUT2D eigenvalue weighted by Crippen LogP contribution is -2.10. The summed E-state index contributed by atoms with van der Waals surface area (Å²) in [4.78, 5) is 0. The minimum absolute atomic E-state index is 0.109. The van der Waals surface area contributed by atoms with Crippen LogP contribution < -0.4 is 4.74 Å². The highest BCUT2D eigenvalue weighted by atomic mass is 16.5. The van der Waals surface area contributed by atoms with E-state index >= 15 is 0 Å². The Morgan fingerprint density at radius 3 is 2.52 bits per heavy atom. The standard InChI is InChI=1S/C18H27N3O2/c1-3-5-6-7-12-21-18(17(13-22)19-20-21)14-23-16-10-8-15(4-2)9-11-16/h8-11,22H,3-7,12-14H2,1-2H3. The number of ether oxygens (including phenoxy) is 1. The van der Waals surface area contributed by atoms with Crippen molar-refractivity contribution in [3.05, 3.63) is 41.2 Å². The topological polar surface area (TPSA) is 60.2 Å². The summed E-state index contributed by atoms with van der Waals surface area (Å²) in [7, 11) is 0. The molecule has 2 rings (SSSR count). The summed E-state index contributed by atoms with van der Waals surface area (Å²) >= 11 is 0. The minimum Gasteiger partial charge on any atom is -0.487 e. The van der Waals surface area contributed by atoms with Crippen molar-refractivity contribution in [3.8, 4) is 5.75 Å². The summed E-state index contributed by atoms with van der Waals surface area (Å²) in [6.45, 7) is 5.42. The van der Waals surface area contributed by atoms with Gasteiger partial charge in [0.1, 0.15) is 23.7 Å². The molecule has 0 unspecified atom stereocenters. The zero-order chi connectivity index (χ0) is 16.5. The van der Waals surface area contributed by atoms with Crippen LogP contribution in [-0.2, 0) is 26.2 Å². The smallest absolute Gasteiger partial charge is 0.132 e. The van der Waals surface area contributed by atoms with Crippen LogP contribution >= 0.6 is 0 Å². The van der Waals surface area contributed by atoms with Crippen molar-refractivity contribution in [3.63, 3.8) is 0 Å². The molecule has 23 heavy (non-hydrogen) atoms. The quantitative estimate of drug-likeness (QED) is 0.681. The molecule has 5 heteroatoms. The van der Waals surface area contributed by atoms with Gasteiger partial charge in [-0.25, -0.2) is 4.68 Å². The van der Waals surface area contributed by atoms with Crippen LogP contribution in [0.4, 0.5) is 0 Å². The molecule has 5 nitrogen and oxygen atoms in total. The number of aryl methyl sites for hydroxylation is 2. The summed E-state index contributed by atoms with van der Waals surface area (Å²) in [5, 5.41) is 17.6. The van der Waals surface area contributed by atoms with Gasteiger partial charge in [-0.05, 0) is 30.5 Å². The molecule has 0 aliphatic heterocycles. The SMILES string of the molecule is CCCCCCn1nnc(CO)c1COc1ccc(CC)cc1. The fourth-order valence-electron chi connectivity index (χ4n) is 2.49. The van der Waals surface area contributed by atoms with Gasteiger partial charge in [-0.15, -0.1) is 5.10 Å². The molecule has 126 valence electrons. The molecule has 0 aliphatic rings. The van der Waals surface area contributed by atoms with E-state index in [0.29, 0.717) is 12.3 Å². The van der Waals surface area contributed by atoms with Gasteiger partial charge in [0.25, 0.3) is 0 Å². The summed E-state index contributed by atoms with van der Waals surface area (Å²) < 4.78 is 7.71. The number of rotatable bonds is 10. The zero-order valence-corrected chi connectivity index (χ0v) is 14.2. The molecule has 0 bridgehead atoms. The summed E-state index contributed by atoms with van der Waals surface area (Å²) in [5.41, 5.74) is 2.75. The second-order valence-electron chi connectivity index (χ2n) is 5.71. The molecular weight excluding hydrogens is 290 g/mol. The largest absolute Gasteiger partial charge is 0.487 e. The van der Waals surface area contributed by atoms with Crippen LogP contribution in [0.5, 0.6) is 5.75 Å². The Morgan fingerprint density at radius 1 is 1.09 bits per heavy atom. The van der Waals surface area contributed by atoms with Crippen molar-refractivity contribution in [1.29, 1.82) is 0 Å². The molecule has 1 aromatic heterocycles. The Kier molecular flexibility index (Phi) is 7.07. The van der Waals surface area contributed by atoms with Crippen molar-refractivity contribution in [1.82, 2.24) is 15.0 Å². The molecule has 2 aromatic rings. The monoisotopic (exact) mass is 317 g/mol. The zero-order valence-electron chi connectivity index (χ0n) is 14.2. The fraction of sp³-hybridized carbons (Fsp3) is 0.556. The summed E-state index contributed by atoms with van der Waals surface area (Å²) in [6.07, 6.45) is 5.72. The molecule has 1 heterocycles. The first-order chi connectivity index (χ1) is 11.3. The van der Waals surface area contributed by atoms with Crippen molar-refractivity contribution in [2.45, 2.75) is 65.7 Å². The fourth-order valence-corrected chi connectivity index (χ4v) is 2.49. The van der Waals surface area contributed by atoms with Crippen molar-refractivity contribution in [2.24, 2.45) is 0 Å². The third-order valence-electron chi connectivity index (χ3n) is 4.00.